The third-order valence-electron chi connectivity index (χ3n) is 2.03. The first kappa shape index (κ1) is 10.9. The van der Waals surface area contributed by atoms with Crippen LogP contribution in [-0.4, -0.2) is 36.3 Å². The number of aromatic nitrogens is 6. The Morgan fingerprint density at radius 3 is 3.00 bits per heavy atom. The molecule has 1 N–H and O–H groups in total. The van der Waals surface area contributed by atoms with E-state index in [1.165, 1.54) is 33.7 Å². The Bertz CT molecular complexity index is 645. The van der Waals surface area contributed by atoms with Gasteiger partial charge in [0.15, 0.2) is 0 Å². The highest BCUT2D eigenvalue weighted by molar-refractivity contribution is 7.13. The number of hydrogen-bond acceptors (Lipinski definition) is 8. The maximum atomic E-state index is 12.0. The first-order valence-electron chi connectivity index (χ1n) is 4.73. The van der Waals surface area contributed by atoms with Gasteiger partial charge in [-0.15, -0.1) is 26.6 Å². The molecule has 0 saturated heterocycles. The minimum absolute atomic E-state index is 0.265. The van der Waals surface area contributed by atoms with Crippen LogP contribution in [0.15, 0.2) is 23.3 Å². The molecule has 0 radical (unpaired) electrons. The van der Waals surface area contributed by atoms with Gasteiger partial charge in [-0.05, 0) is 21.9 Å². The normalized spacial score (nSPS) is 10.4. The second-order valence-electron chi connectivity index (χ2n) is 3.09. The summed E-state index contributed by atoms with van der Waals surface area (Å²) in [5.74, 6) is -0.265. The van der Waals surface area contributed by atoms with E-state index < -0.39 is 0 Å². The van der Waals surface area contributed by atoms with Crippen molar-refractivity contribution in [1.29, 1.82) is 0 Å². The summed E-state index contributed by atoms with van der Waals surface area (Å²) in [7, 11) is 0. The van der Waals surface area contributed by atoms with Crippen molar-refractivity contribution in [2.45, 2.75) is 0 Å². The molecule has 3 aromatic heterocycles. The van der Waals surface area contributed by atoms with Crippen LogP contribution < -0.4 is 5.32 Å². The molecule has 8 nitrogen and oxygen atoms in total. The van der Waals surface area contributed by atoms with Gasteiger partial charge in [-0.25, -0.2) is 0 Å². The Labute approximate surface area is 108 Å². The second kappa shape index (κ2) is 4.58. The molecule has 1 amide bonds. The Morgan fingerprint density at radius 2 is 2.28 bits per heavy atom. The summed E-state index contributed by atoms with van der Waals surface area (Å²) in [4.78, 5) is 12.0. The van der Waals surface area contributed by atoms with Gasteiger partial charge in [0.1, 0.15) is 16.8 Å². The third-order valence-corrected chi connectivity index (χ3v) is 3.54. The lowest BCUT2D eigenvalue weighted by Gasteiger charge is -2.01. The molecule has 3 heterocycles. The standard InChI is InChI=1S/C8H5N7OS2/c16-6(11-8-12-10-4-18-8)5-1-2-17-7(5)15-3-9-13-14-15/h1-4H,(H,11,12,16). The molecular formula is C8H5N7OS2. The Morgan fingerprint density at radius 1 is 1.33 bits per heavy atom. The lowest BCUT2D eigenvalue weighted by Crippen LogP contribution is -2.13. The molecule has 0 saturated carbocycles. The molecule has 0 unspecified atom stereocenters. The number of carbonyl (C=O) groups excluding carboxylic acids is 1. The summed E-state index contributed by atoms with van der Waals surface area (Å²) in [6, 6.07) is 1.71. The number of anilines is 1. The summed E-state index contributed by atoms with van der Waals surface area (Å²) in [6.07, 6.45) is 1.44. The number of nitrogens with one attached hydrogen (secondary N) is 1. The van der Waals surface area contributed by atoms with Crippen LogP contribution in [0.4, 0.5) is 5.13 Å². The molecule has 0 aliphatic carbocycles. The van der Waals surface area contributed by atoms with Crippen LogP contribution in [0.2, 0.25) is 0 Å². The van der Waals surface area contributed by atoms with Crippen molar-refractivity contribution < 1.29 is 4.79 Å². The minimum Gasteiger partial charge on any atom is -0.296 e. The topological polar surface area (TPSA) is 98.5 Å². The van der Waals surface area contributed by atoms with Crippen molar-refractivity contribution >= 4 is 33.7 Å². The Kier molecular flexibility index (Phi) is 2.78. The number of tetrazole rings is 1. The van der Waals surface area contributed by atoms with E-state index in [2.05, 4.69) is 31.0 Å². The lowest BCUT2D eigenvalue weighted by molar-refractivity contribution is 0.102. The highest BCUT2D eigenvalue weighted by Gasteiger charge is 2.16. The predicted octanol–water partition coefficient (Wildman–Crippen LogP) is 0.828. The maximum Gasteiger partial charge on any atom is 0.260 e. The van der Waals surface area contributed by atoms with Crippen molar-refractivity contribution in [3.05, 3.63) is 28.8 Å². The fourth-order valence-corrected chi connectivity index (χ4v) is 2.55. The van der Waals surface area contributed by atoms with E-state index in [-0.39, 0.29) is 5.91 Å². The Balaban J connectivity index is 1.89. The minimum atomic E-state index is -0.265. The molecule has 0 aliphatic rings. The van der Waals surface area contributed by atoms with Crippen LogP contribution in [0, 0.1) is 0 Å². The Hall–Kier alpha value is -2.20. The summed E-state index contributed by atoms with van der Waals surface area (Å²) in [5, 5.41) is 23.8. The first-order chi connectivity index (χ1) is 8.84. The monoisotopic (exact) mass is 279 g/mol. The van der Waals surface area contributed by atoms with E-state index in [0.717, 1.165) is 0 Å². The number of carbonyl (C=O) groups is 1. The number of amides is 1. The summed E-state index contributed by atoms with van der Waals surface area (Å²) >= 11 is 2.63. The van der Waals surface area contributed by atoms with Gasteiger partial charge in [-0.3, -0.25) is 10.1 Å². The van der Waals surface area contributed by atoms with Gasteiger partial charge in [0.05, 0.1) is 5.56 Å². The van der Waals surface area contributed by atoms with Crippen LogP contribution in [0.5, 0.6) is 0 Å². The molecule has 0 atom stereocenters. The van der Waals surface area contributed by atoms with Gasteiger partial charge < -0.3 is 0 Å². The summed E-state index contributed by atoms with van der Waals surface area (Å²) in [6.45, 7) is 0. The van der Waals surface area contributed by atoms with Crippen molar-refractivity contribution in [2.75, 3.05) is 5.32 Å². The fraction of sp³-hybridized carbons (Fsp3) is 0. The first-order valence-corrected chi connectivity index (χ1v) is 6.49. The molecule has 0 bridgehead atoms. The number of rotatable bonds is 3. The molecule has 0 spiro atoms. The lowest BCUT2D eigenvalue weighted by atomic mass is 10.3. The molecule has 3 aromatic rings. The van der Waals surface area contributed by atoms with Crippen LogP contribution >= 0.6 is 22.7 Å². The van der Waals surface area contributed by atoms with E-state index in [0.29, 0.717) is 15.7 Å². The van der Waals surface area contributed by atoms with E-state index in [9.17, 15) is 4.79 Å². The zero-order chi connectivity index (χ0) is 12.4. The van der Waals surface area contributed by atoms with Crippen LogP contribution in [-0.2, 0) is 0 Å². The molecule has 90 valence electrons. The largest absolute Gasteiger partial charge is 0.296 e. The molecule has 18 heavy (non-hydrogen) atoms. The summed E-state index contributed by atoms with van der Waals surface area (Å²) < 4.78 is 1.44. The van der Waals surface area contributed by atoms with Crippen LogP contribution in [0.1, 0.15) is 10.4 Å². The van der Waals surface area contributed by atoms with Crippen LogP contribution in [0.25, 0.3) is 5.00 Å². The second-order valence-corrected chi connectivity index (χ2v) is 4.82. The van der Waals surface area contributed by atoms with E-state index in [1.807, 2.05) is 0 Å². The molecule has 3 rings (SSSR count). The quantitative estimate of drug-likeness (QED) is 0.762. The van der Waals surface area contributed by atoms with Crippen molar-refractivity contribution in [3.63, 3.8) is 0 Å². The molecule has 0 fully saturated rings. The third kappa shape index (κ3) is 1.98. The number of thiophene rings is 1. The molecule has 10 heteroatoms. The number of nitrogens with zero attached hydrogens (tertiary/aromatic N) is 6. The smallest absolute Gasteiger partial charge is 0.260 e. The predicted molar refractivity (Wildman–Crippen MR) is 64.9 cm³/mol. The summed E-state index contributed by atoms with van der Waals surface area (Å²) in [5.41, 5.74) is 2.04. The highest BCUT2D eigenvalue weighted by atomic mass is 32.1. The average molecular weight is 279 g/mol. The average Bonchev–Trinajstić information content (AvgIpc) is 3.11. The zero-order valence-electron chi connectivity index (χ0n) is 8.72. The molecular weight excluding hydrogens is 274 g/mol. The number of hydrogen-bond donors (Lipinski definition) is 1. The molecule has 0 aliphatic heterocycles. The van der Waals surface area contributed by atoms with Gasteiger partial charge in [0.25, 0.3) is 5.91 Å². The van der Waals surface area contributed by atoms with Gasteiger partial charge in [0.2, 0.25) is 5.13 Å². The maximum absolute atomic E-state index is 12.0. The van der Waals surface area contributed by atoms with E-state index in [4.69, 9.17) is 0 Å². The van der Waals surface area contributed by atoms with Gasteiger partial charge in [-0.1, -0.05) is 11.3 Å². The van der Waals surface area contributed by atoms with Gasteiger partial charge >= 0.3 is 0 Å². The van der Waals surface area contributed by atoms with Crippen molar-refractivity contribution in [2.24, 2.45) is 0 Å². The van der Waals surface area contributed by atoms with Crippen molar-refractivity contribution in [3.8, 4) is 5.00 Å². The highest BCUT2D eigenvalue weighted by Crippen LogP contribution is 2.21. The van der Waals surface area contributed by atoms with E-state index in [1.54, 1.807) is 17.0 Å². The van der Waals surface area contributed by atoms with Crippen LogP contribution in [0.3, 0.4) is 0 Å². The molecule has 0 aromatic carbocycles. The zero-order valence-corrected chi connectivity index (χ0v) is 10.4. The van der Waals surface area contributed by atoms with E-state index >= 15 is 0 Å². The van der Waals surface area contributed by atoms with Gasteiger partial charge in [-0.2, -0.15) is 4.68 Å². The van der Waals surface area contributed by atoms with Gasteiger partial charge in [0, 0.05) is 0 Å². The SMILES string of the molecule is O=C(Nc1nncs1)c1ccsc1-n1cnnn1. The van der Waals surface area contributed by atoms with Crippen molar-refractivity contribution in [1.82, 2.24) is 30.4 Å². The fourth-order valence-electron chi connectivity index (χ4n) is 1.30.